The lowest BCUT2D eigenvalue weighted by Gasteiger charge is -2.21. The first-order valence-corrected chi connectivity index (χ1v) is 5.87. The average Bonchev–Trinajstić information content (AvgIpc) is 2.16. The highest BCUT2D eigenvalue weighted by Crippen LogP contribution is 2.22. The van der Waals surface area contributed by atoms with Crippen molar-refractivity contribution < 1.29 is 5.11 Å². The van der Waals surface area contributed by atoms with Gasteiger partial charge < -0.3 is 5.11 Å². The molecule has 0 aliphatic heterocycles. The van der Waals surface area contributed by atoms with E-state index < -0.39 is 0 Å². The first-order valence-electron chi connectivity index (χ1n) is 5.87. The second kappa shape index (κ2) is 8.55. The molecule has 0 amide bonds. The van der Waals surface area contributed by atoms with Gasteiger partial charge in [0.05, 0.1) is 0 Å². The van der Waals surface area contributed by atoms with Crippen LogP contribution in [0, 0.1) is 11.8 Å². The van der Waals surface area contributed by atoms with Crippen LogP contribution >= 0.6 is 0 Å². The van der Waals surface area contributed by atoms with E-state index in [9.17, 15) is 5.11 Å². The van der Waals surface area contributed by atoms with E-state index in [1.165, 1.54) is 38.5 Å². The molecule has 0 rings (SSSR count). The smallest absolute Gasteiger partial charge is 0.0461 e. The molecule has 1 heteroatoms. The Kier molecular flexibility index (Phi) is 8.53. The molecular formula is C12H26O. The minimum absolute atomic E-state index is 0.380. The molecule has 0 aromatic rings. The minimum atomic E-state index is 0.380. The fourth-order valence-electron chi connectivity index (χ4n) is 1.78. The number of hydrogen-bond acceptors (Lipinski definition) is 1. The molecule has 2 unspecified atom stereocenters. The van der Waals surface area contributed by atoms with Crippen LogP contribution in [0.2, 0.25) is 0 Å². The van der Waals surface area contributed by atoms with Crippen LogP contribution in [0.25, 0.3) is 0 Å². The lowest BCUT2D eigenvalue weighted by molar-refractivity contribution is 0.165. The Labute approximate surface area is 83.5 Å². The second-order valence-corrected chi connectivity index (χ2v) is 4.20. The Balaban J connectivity index is 3.63. The lowest BCUT2D eigenvalue weighted by Crippen LogP contribution is -2.16. The van der Waals surface area contributed by atoms with Crippen LogP contribution in [-0.2, 0) is 0 Å². The molecule has 0 heterocycles. The third kappa shape index (κ3) is 6.09. The largest absolute Gasteiger partial charge is 0.396 e. The van der Waals surface area contributed by atoms with Crippen molar-refractivity contribution in [2.24, 2.45) is 11.8 Å². The Hall–Kier alpha value is -0.0400. The number of aliphatic hydroxyl groups excluding tert-OH is 1. The zero-order chi connectivity index (χ0) is 10.1. The van der Waals surface area contributed by atoms with Crippen LogP contribution in [0.3, 0.4) is 0 Å². The van der Waals surface area contributed by atoms with Crippen LogP contribution in [0.15, 0.2) is 0 Å². The predicted molar refractivity (Wildman–Crippen MR) is 58.8 cm³/mol. The molecule has 0 saturated carbocycles. The number of unbranched alkanes of at least 4 members (excludes halogenated alkanes) is 2. The molecule has 0 aromatic carbocycles. The highest BCUT2D eigenvalue weighted by Gasteiger charge is 2.14. The highest BCUT2D eigenvalue weighted by molar-refractivity contribution is 4.65. The Bertz CT molecular complexity index is 101. The van der Waals surface area contributed by atoms with E-state index in [0.29, 0.717) is 18.4 Å². The van der Waals surface area contributed by atoms with Crippen molar-refractivity contribution in [3.8, 4) is 0 Å². The third-order valence-electron chi connectivity index (χ3n) is 2.98. The van der Waals surface area contributed by atoms with Gasteiger partial charge in [0.25, 0.3) is 0 Å². The van der Waals surface area contributed by atoms with Crippen LogP contribution in [-0.4, -0.2) is 11.7 Å². The first-order chi connectivity index (χ1) is 6.26. The summed E-state index contributed by atoms with van der Waals surface area (Å²) in [6, 6.07) is 0. The third-order valence-corrected chi connectivity index (χ3v) is 2.98. The summed E-state index contributed by atoms with van der Waals surface area (Å²) in [6.45, 7) is 7.11. The predicted octanol–water partition coefficient (Wildman–Crippen LogP) is 3.61. The Morgan fingerprint density at radius 2 is 1.54 bits per heavy atom. The molecule has 0 saturated heterocycles. The molecule has 0 aliphatic rings. The van der Waals surface area contributed by atoms with Gasteiger partial charge in [-0.05, 0) is 18.3 Å². The number of aliphatic hydroxyl groups is 1. The summed E-state index contributed by atoms with van der Waals surface area (Å²) in [5.41, 5.74) is 0. The summed E-state index contributed by atoms with van der Waals surface area (Å²) in [7, 11) is 0. The molecule has 0 spiro atoms. The van der Waals surface area contributed by atoms with Gasteiger partial charge in [-0.15, -0.1) is 0 Å². The topological polar surface area (TPSA) is 20.2 Å². The van der Waals surface area contributed by atoms with Crippen molar-refractivity contribution in [1.82, 2.24) is 0 Å². The summed E-state index contributed by atoms with van der Waals surface area (Å²) in [5, 5.41) is 9.22. The number of hydrogen-bond donors (Lipinski definition) is 1. The Morgan fingerprint density at radius 1 is 1.00 bits per heavy atom. The maximum atomic E-state index is 9.22. The van der Waals surface area contributed by atoms with E-state index >= 15 is 0 Å². The van der Waals surface area contributed by atoms with Gasteiger partial charge in [-0.1, -0.05) is 52.9 Å². The summed E-state index contributed by atoms with van der Waals surface area (Å²) in [5.74, 6) is 1.25. The molecule has 0 aliphatic carbocycles. The SMILES string of the molecule is CCCCC(C)C(CO)CCCC. The molecule has 80 valence electrons. The van der Waals surface area contributed by atoms with Gasteiger partial charge >= 0.3 is 0 Å². The lowest BCUT2D eigenvalue weighted by atomic mass is 9.86. The normalized spacial score (nSPS) is 15.7. The average molecular weight is 186 g/mol. The van der Waals surface area contributed by atoms with Crippen LogP contribution < -0.4 is 0 Å². The maximum absolute atomic E-state index is 9.22. The zero-order valence-electron chi connectivity index (χ0n) is 9.55. The van der Waals surface area contributed by atoms with Gasteiger partial charge in [-0.25, -0.2) is 0 Å². The van der Waals surface area contributed by atoms with E-state index in [2.05, 4.69) is 20.8 Å². The maximum Gasteiger partial charge on any atom is 0.0461 e. The van der Waals surface area contributed by atoms with E-state index in [0.717, 1.165) is 0 Å². The molecule has 0 bridgehead atoms. The van der Waals surface area contributed by atoms with Crippen molar-refractivity contribution in [1.29, 1.82) is 0 Å². The fraction of sp³-hybridized carbons (Fsp3) is 1.00. The summed E-state index contributed by atoms with van der Waals surface area (Å²) < 4.78 is 0. The fourth-order valence-corrected chi connectivity index (χ4v) is 1.78. The Morgan fingerprint density at radius 3 is 2.00 bits per heavy atom. The molecule has 1 nitrogen and oxygen atoms in total. The second-order valence-electron chi connectivity index (χ2n) is 4.20. The zero-order valence-corrected chi connectivity index (χ0v) is 9.55. The standard InChI is InChI=1S/C12H26O/c1-4-6-8-11(3)12(10-13)9-7-5-2/h11-13H,4-10H2,1-3H3. The molecular weight excluding hydrogens is 160 g/mol. The van der Waals surface area contributed by atoms with Crippen molar-refractivity contribution >= 4 is 0 Å². The van der Waals surface area contributed by atoms with E-state index in [1.54, 1.807) is 0 Å². The minimum Gasteiger partial charge on any atom is -0.396 e. The van der Waals surface area contributed by atoms with Gasteiger partial charge in [0.15, 0.2) is 0 Å². The van der Waals surface area contributed by atoms with Crippen LogP contribution in [0.4, 0.5) is 0 Å². The van der Waals surface area contributed by atoms with E-state index in [4.69, 9.17) is 0 Å². The van der Waals surface area contributed by atoms with Crippen LogP contribution in [0.5, 0.6) is 0 Å². The van der Waals surface area contributed by atoms with Crippen molar-refractivity contribution in [3.05, 3.63) is 0 Å². The van der Waals surface area contributed by atoms with Gasteiger partial charge in [-0.3, -0.25) is 0 Å². The highest BCUT2D eigenvalue weighted by atomic mass is 16.3. The van der Waals surface area contributed by atoms with Crippen LogP contribution in [0.1, 0.15) is 59.3 Å². The molecule has 0 fully saturated rings. The van der Waals surface area contributed by atoms with E-state index in [1.807, 2.05) is 0 Å². The first kappa shape index (κ1) is 13.0. The quantitative estimate of drug-likeness (QED) is 0.614. The van der Waals surface area contributed by atoms with Gasteiger partial charge in [-0.2, -0.15) is 0 Å². The van der Waals surface area contributed by atoms with Gasteiger partial charge in [0.1, 0.15) is 0 Å². The van der Waals surface area contributed by atoms with E-state index in [-0.39, 0.29) is 0 Å². The number of rotatable bonds is 8. The molecule has 0 aromatic heterocycles. The van der Waals surface area contributed by atoms with Gasteiger partial charge in [0, 0.05) is 6.61 Å². The molecule has 2 atom stereocenters. The van der Waals surface area contributed by atoms with Crippen molar-refractivity contribution in [2.75, 3.05) is 6.61 Å². The van der Waals surface area contributed by atoms with Crippen molar-refractivity contribution in [3.63, 3.8) is 0 Å². The monoisotopic (exact) mass is 186 g/mol. The molecule has 0 radical (unpaired) electrons. The van der Waals surface area contributed by atoms with Gasteiger partial charge in [0.2, 0.25) is 0 Å². The summed E-state index contributed by atoms with van der Waals surface area (Å²) >= 11 is 0. The molecule has 13 heavy (non-hydrogen) atoms. The molecule has 1 N–H and O–H groups in total. The summed E-state index contributed by atoms with van der Waals surface area (Å²) in [6.07, 6.45) is 7.59. The van der Waals surface area contributed by atoms with Crippen molar-refractivity contribution in [2.45, 2.75) is 59.3 Å². The summed E-state index contributed by atoms with van der Waals surface area (Å²) in [4.78, 5) is 0.